The quantitative estimate of drug-likeness (QED) is 0.737. The van der Waals surface area contributed by atoms with Gasteiger partial charge in [0, 0.05) is 19.3 Å². The topological polar surface area (TPSA) is 53.4 Å². The Morgan fingerprint density at radius 1 is 1.62 bits per heavy atom. The molecular formula is C12H16N2O2. The second-order valence-electron chi connectivity index (χ2n) is 3.68. The van der Waals surface area contributed by atoms with E-state index in [9.17, 15) is 4.79 Å². The molecule has 0 aliphatic heterocycles. The molecule has 0 aromatic carbocycles. The van der Waals surface area contributed by atoms with Crippen molar-refractivity contribution in [3.63, 3.8) is 0 Å². The van der Waals surface area contributed by atoms with E-state index in [1.165, 1.54) is 0 Å². The first-order valence-corrected chi connectivity index (χ1v) is 5.08. The van der Waals surface area contributed by atoms with Gasteiger partial charge in [-0.05, 0) is 18.6 Å². The van der Waals surface area contributed by atoms with Crippen LogP contribution in [-0.4, -0.2) is 34.0 Å². The molecule has 0 atom stereocenters. The molecule has 0 spiro atoms. The summed E-state index contributed by atoms with van der Waals surface area (Å²) < 4.78 is 0. The predicted octanol–water partition coefficient (Wildman–Crippen LogP) is 1.46. The van der Waals surface area contributed by atoms with Crippen LogP contribution in [0.25, 0.3) is 0 Å². The molecule has 4 nitrogen and oxygen atoms in total. The molecule has 0 fully saturated rings. The Bertz CT molecular complexity index is 360. The van der Waals surface area contributed by atoms with E-state index < -0.39 is 5.97 Å². The van der Waals surface area contributed by atoms with Crippen LogP contribution >= 0.6 is 0 Å². The Kier molecular flexibility index (Phi) is 4.66. The molecule has 0 saturated heterocycles. The fraction of sp³-hybridized carbons (Fsp3) is 0.333. The first kappa shape index (κ1) is 12.4. The number of hydrogen-bond donors (Lipinski definition) is 1. The Balaban J connectivity index is 2.63. The van der Waals surface area contributed by atoms with Gasteiger partial charge < -0.3 is 5.11 Å². The lowest BCUT2D eigenvalue weighted by atomic mass is 10.2. The van der Waals surface area contributed by atoms with E-state index in [0.717, 1.165) is 11.3 Å². The number of hydrogen-bond acceptors (Lipinski definition) is 3. The third-order valence-corrected chi connectivity index (χ3v) is 2.10. The predicted molar refractivity (Wildman–Crippen MR) is 62.1 cm³/mol. The summed E-state index contributed by atoms with van der Waals surface area (Å²) in [7, 11) is 0. The lowest BCUT2D eigenvalue weighted by Gasteiger charge is -2.17. The summed E-state index contributed by atoms with van der Waals surface area (Å²) in [4.78, 5) is 16.6. The smallest absolute Gasteiger partial charge is 0.317 e. The van der Waals surface area contributed by atoms with E-state index in [2.05, 4.69) is 11.6 Å². The van der Waals surface area contributed by atoms with Gasteiger partial charge >= 0.3 is 5.97 Å². The highest BCUT2D eigenvalue weighted by atomic mass is 16.4. The van der Waals surface area contributed by atoms with E-state index in [4.69, 9.17) is 5.11 Å². The highest BCUT2D eigenvalue weighted by Gasteiger charge is 2.09. The number of aliphatic carboxylic acids is 1. The van der Waals surface area contributed by atoms with Crippen molar-refractivity contribution in [2.24, 2.45) is 0 Å². The summed E-state index contributed by atoms with van der Waals surface area (Å²) in [5.41, 5.74) is 1.96. The van der Waals surface area contributed by atoms with Crippen molar-refractivity contribution < 1.29 is 9.90 Å². The molecule has 0 bridgehead atoms. The van der Waals surface area contributed by atoms with Gasteiger partial charge in [0.25, 0.3) is 0 Å². The van der Waals surface area contributed by atoms with Crippen LogP contribution in [0.2, 0.25) is 0 Å². The summed E-state index contributed by atoms with van der Waals surface area (Å²) in [6.45, 7) is 6.65. The van der Waals surface area contributed by atoms with Gasteiger partial charge in [-0.15, -0.1) is 6.58 Å². The third kappa shape index (κ3) is 4.23. The zero-order chi connectivity index (χ0) is 12.0. The molecule has 0 aliphatic carbocycles. The maximum absolute atomic E-state index is 10.6. The molecule has 1 rings (SSSR count). The molecule has 0 radical (unpaired) electrons. The minimum atomic E-state index is -0.839. The number of rotatable bonds is 6. The normalized spacial score (nSPS) is 10.4. The van der Waals surface area contributed by atoms with Gasteiger partial charge in [0.1, 0.15) is 0 Å². The highest BCUT2D eigenvalue weighted by molar-refractivity contribution is 5.69. The highest BCUT2D eigenvalue weighted by Crippen LogP contribution is 2.03. The molecule has 86 valence electrons. The largest absolute Gasteiger partial charge is 0.480 e. The maximum atomic E-state index is 10.6. The molecule has 4 heteroatoms. The third-order valence-electron chi connectivity index (χ3n) is 2.10. The molecule has 0 saturated carbocycles. The Morgan fingerprint density at radius 2 is 2.38 bits per heavy atom. The van der Waals surface area contributed by atoms with Gasteiger partial charge in [-0.3, -0.25) is 14.7 Å². The van der Waals surface area contributed by atoms with Gasteiger partial charge in [-0.25, -0.2) is 0 Å². The second-order valence-corrected chi connectivity index (χ2v) is 3.68. The van der Waals surface area contributed by atoms with E-state index in [1.807, 2.05) is 19.1 Å². The second kappa shape index (κ2) is 6.02. The van der Waals surface area contributed by atoms with Crippen LogP contribution in [0, 0.1) is 6.92 Å². The minimum absolute atomic E-state index is 0.00156. The average Bonchev–Trinajstić information content (AvgIpc) is 2.21. The fourth-order valence-corrected chi connectivity index (χ4v) is 1.38. The molecule has 1 aromatic rings. The van der Waals surface area contributed by atoms with Crippen LogP contribution in [-0.2, 0) is 11.3 Å². The van der Waals surface area contributed by atoms with Crippen molar-refractivity contribution in [1.29, 1.82) is 0 Å². The van der Waals surface area contributed by atoms with Crippen molar-refractivity contribution in [2.45, 2.75) is 13.5 Å². The Hall–Kier alpha value is -1.68. The van der Waals surface area contributed by atoms with E-state index >= 15 is 0 Å². The average molecular weight is 220 g/mol. The molecule has 1 N–H and O–H groups in total. The zero-order valence-electron chi connectivity index (χ0n) is 9.39. The number of pyridine rings is 1. The molecular weight excluding hydrogens is 204 g/mol. The standard InChI is InChI=1S/C12H16N2O2/c1-3-6-14(9-12(15)16)8-11-5-4-10(2)7-13-11/h3-5,7H,1,6,8-9H2,2H3,(H,15,16). The zero-order valence-corrected chi connectivity index (χ0v) is 9.39. The number of aromatic nitrogens is 1. The first-order valence-electron chi connectivity index (χ1n) is 5.08. The maximum Gasteiger partial charge on any atom is 0.317 e. The molecule has 0 unspecified atom stereocenters. The van der Waals surface area contributed by atoms with E-state index in [-0.39, 0.29) is 6.54 Å². The van der Waals surface area contributed by atoms with Crippen LogP contribution < -0.4 is 0 Å². The monoisotopic (exact) mass is 220 g/mol. The lowest BCUT2D eigenvalue weighted by Crippen LogP contribution is -2.29. The summed E-state index contributed by atoms with van der Waals surface area (Å²) in [6.07, 6.45) is 3.47. The Labute approximate surface area is 95.2 Å². The van der Waals surface area contributed by atoms with E-state index in [1.54, 1.807) is 17.2 Å². The summed E-state index contributed by atoms with van der Waals surface area (Å²) in [5.74, 6) is -0.839. The van der Waals surface area contributed by atoms with Crippen LogP contribution in [0.15, 0.2) is 31.0 Å². The first-order chi connectivity index (χ1) is 7.61. The Morgan fingerprint density at radius 3 is 2.88 bits per heavy atom. The van der Waals surface area contributed by atoms with Crippen molar-refractivity contribution in [2.75, 3.05) is 13.1 Å². The van der Waals surface area contributed by atoms with Crippen molar-refractivity contribution in [3.8, 4) is 0 Å². The summed E-state index contributed by atoms with van der Waals surface area (Å²) in [6, 6.07) is 3.88. The van der Waals surface area contributed by atoms with Gasteiger partial charge in [-0.2, -0.15) is 0 Å². The van der Waals surface area contributed by atoms with Crippen LogP contribution in [0.3, 0.4) is 0 Å². The van der Waals surface area contributed by atoms with Crippen molar-refractivity contribution in [1.82, 2.24) is 9.88 Å². The van der Waals surface area contributed by atoms with Gasteiger partial charge in [0.2, 0.25) is 0 Å². The molecule has 1 heterocycles. The molecule has 0 aliphatic rings. The lowest BCUT2D eigenvalue weighted by molar-refractivity contribution is -0.138. The number of carboxylic acid groups (broad SMARTS) is 1. The molecule has 0 amide bonds. The van der Waals surface area contributed by atoms with Crippen LogP contribution in [0.1, 0.15) is 11.3 Å². The number of nitrogens with zero attached hydrogens (tertiary/aromatic N) is 2. The van der Waals surface area contributed by atoms with Gasteiger partial charge in [-0.1, -0.05) is 12.1 Å². The van der Waals surface area contributed by atoms with Gasteiger partial charge in [0.15, 0.2) is 0 Å². The van der Waals surface area contributed by atoms with E-state index in [0.29, 0.717) is 13.1 Å². The fourth-order valence-electron chi connectivity index (χ4n) is 1.38. The van der Waals surface area contributed by atoms with Gasteiger partial charge in [0.05, 0.1) is 12.2 Å². The summed E-state index contributed by atoms with van der Waals surface area (Å²) >= 11 is 0. The molecule has 16 heavy (non-hydrogen) atoms. The number of carbonyl (C=O) groups is 1. The SMILES string of the molecule is C=CCN(CC(=O)O)Cc1ccc(C)cn1. The summed E-state index contributed by atoms with van der Waals surface area (Å²) in [5, 5.41) is 8.74. The number of carboxylic acids is 1. The van der Waals surface area contributed by atoms with Crippen molar-refractivity contribution >= 4 is 5.97 Å². The molecule has 1 aromatic heterocycles. The van der Waals surface area contributed by atoms with Crippen LogP contribution in [0.4, 0.5) is 0 Å². The van der Waals surface area contributed by atoms with Crippen LogP contribution in [0.5, 0.6) is 0 Å². The minimum Gasteiger partial charge on any atom is -0.480 e. The number of aryl methyl sites for hydroxylation is 1. The van der Waals surface area contributed by atoms with Crippen molar-refractivity contribution in [3.05, 3.63) is 42.2 Å².